The van der Waals surface area contributed by atoms with Gasteiger partial charge in [-0.25, -0.2) is 21.5 Å². The van der Waals surface area contributed by atoms with Gasteiger partial charge in [-0.3, -0.25) is 4.98 Å². The van der Waals surface area contributed by atoms with Crippen LogP contribution in [0.4, 0.5) is 4.39 Å². The molecule has 8 nitrogen and oxygen atoms in total. The number of hydrogen-bond donors (Lipinski definition) is 1. The molecule has 1 aromatic carbocycles. The van der Waals surface area contributed by atoms with Crippen molar-refractivity contribution in [1.82, 2.24) is 24.1 Å². The topological polar surface area (TPSA) is 91.0 Å². The molecule has 0 saturated carbocycles. The summed E-state index contributed by atoms with van der Waals surface area (Å²) < 4.78 is 49.4. The van der Waals surface area contributed by atoms with Crippen molar-refractivity contribution in [3.63, 3.8) is 0 Å². The second kappa shape index (κ2) is 9.03. The van der Waals surface area contributed by atoms with Gasteiger partial charge in [-0.2, -0.15) is 5.10 Å². The molecule has 1 N–H and O–H groups in total. The lowest BCUT2D eigenvalue weighted by molar-refractivity contribution is 0.185. The van der Waals surface area contributed by atoms with Gasteiger partial charge in [0.1, 0.15) is 10.7 Å². The number of halogens is 1. The van der Waals surface area contributed by atoms with Crippen LogP contribution in [0.1, 0.15) is 11.1 Å². The Kier molecular flexibility index (Phi) is 6.17. The molecule has 10 heteroatoms. The molecule has 0 saturated heterocycles. The first kappa shape index (κ1) is 21.9. The largest absolute Gasteiger partial charge is 0.380 e. The Balaban J connectivity index is 1.81. The van der Waals surface area contributed by atoms with E-state index in [4.69, 9.17) is 4.74 Å². The van der Waals surface area contributed by atoms with Gasteiger partial charge in [-0.15, -0.1) is 0 Å². The first-order valence-electron chi connectivity index (χ1n) is 9.78. The molecule has 0 aliphatic carbocycles. The number of nitrogens with zero attached hydrogens (tertiary/aromatic N) is 4. The van der Waals surface area contributed by atoms with Gasteiger partial charge in [0.25, 0.3) is 10.0 Å². The van der Waals surface area contributed by atoms with Crippen molar-refractivity contribution in [3.05, 3.63) is 84.3 Å². The summed E-state index contributed by atoms with van der Waals surface area (Å²) in [5.41, 5.74) is 2.45. The number of rotatable bonds is 8. The van der Waals surface area contributed by atoms with E-state index in [-0.39, 0.29) is 16.2 Å². The minimum absolute atomic E-state index is 0.0389. The molecule has 0 radical (unpaired) electrons. The zero-order valence-corrected chi connectivity index (χ0v) is 18.4. The van der Waals surface area contributed by atoms with Crippen molar-refractivity contribution in [2.75, 3.05) is 14.2 Å². The monoisotopic (exact) mass is 455 g/mol. The van der Waals surface area contributed by atoms with Crippen molar-refractivity contribution in [2.24, 2.45) is 0 Å². The summed E-state index contributed by atoms with van der Waals surface area (Å²) in [5, 5.41) is 7.23. The summed E-state index contributed by atoms with van der Waals surface area (Å²) in [5.74, 6) is -0.507. The van der Waals surface area contributed by atoms with Crippen LogP contribution in [0.25, 0.3) is 16.9 Å². The zero-order chi connectivity index (χ0) is 22.7. The number of pyridine rings is 1. The minimum atomic E-state index is -4.07. The fraction of sp³-hybridized carbons (Fsp3) is 0.182. The van der Waals surface area contributed by atoms with Crippen LogP contribution in [-0.2, 0) is 27.9 Å². The Morgan fingerprint density at radius 1 is 1.09 bits per heavy atom. The fourth-order valence-electron chi connectivity index (χ4n) is 3.39. The molecule has 3 heterocycles. The number of nitrogens with one attached hydrogen (secondary N) is 1. The Labute approximate surface area is 185 Å². The number of benzene rings is 1. The average Bonchev–Trinajstić information content (AvgIpc) is 3.43. The molecule has 0 atom stereocenters. The number of methoxy groups -OCH3 is 1. The van der Waals surface area contributed by atoms with Crippen molar-refractivity contribution in [2.45, 2.75) is 18.0 Å². The molecule has 0 bridgehead atoms. The first-order chi connectivity index (χ1) is 15.4. The molecule has 166 valence electrons. The molecule has 0 fully saturated rings. The third-order valence-corrected chi connectivity index (χ3v) is 6.48. The molecule has 4 aromatic rings. The van der Waals surface area contributed by atoms with Crippen LogP contribution in [0.2, 0.25) is 0 Å². The molecule has 0 unspecified atom stereocenters. The number of aromatic nitrogens is 4. The lowest BCUT2D eigenvalue weighted by atomic mass is 10.1. The maximum atomic E-state index is 14.5. The van der Waals surface area contributed by atoms with Gasteiger partial charge in [0.15, 0.2) is 0 Å². The highest BCUT2D eigenvalue weighted by Crippen LogP contribution is 2.29. The van der Waals surface area contributed by atoms with E-state index >= 15 is 0 Å². The highest BCUT2D eigenvalue weighted by atomic mass is 32.2. The van der Waals surface area contributed by atoms with Crippen molar-refractivity contribution >= 4 is 10.0 Å². The molecule has 0 amide bonds. The molecular formula is C22H22FN5O3S. The molecule has 32 heavy (non-hydrogen) atoms. The van der Waals surface area contributed by atoms with Gasteiger partial charge in [-0.1, -0.05) is 12.1 Å². The predicted molar refractivity (Wildman–Crippen MR) is 117 cm³/mol. The van der Waals surface area contributed by atoms with Gasteiger partial charge in [0.05, 0.1) is 30.4 Å². The van der Waals surface area contributed by atoms with Crippen molar-refractivity contribution in [3.8, 4) is 16.9 Å². The summed E-state index contributed by atoms with van der Waals surface area (Å²) in [6.07, 6.45) is 7.65. The van der Waals surface area contributed by atoms with Crippen LogP contribution in [-0.4, -0.2) is 41.3 Å². The predicted octanol–water partition coefficient (Wildman–Crippen LogP) is 2.98. The Bertz CT molecular complexity index is 1350. The Hall–Kier alpha value is -3.34. The molecule has 0 aliphatic rings. The summed E-state index contributed by atoms with van der Waals surface area (Å²) in [6.45, 7) is 0.812. The first-order valence-corrected chi connectivity index (χ1v) is 11.2. The summed E-state index contributed by atoms with van der Waals surface area (Å²) in [7, 11) is -0.736. The molecule has 4 rings (SSSR count). The van der Waals surface area contributed by atoms with Gasteiger partial charge < -0.3 is 10.1 Å². The van der Waals surface area contributed by atoms with E-state index in [0.29, 0.717) is 24.4 Å². The van der Waals surface area contributed by atoms with Crippen LogP contribution >= 0.6 is 0 Å². The highest BCUT2D eigenvalue weighted by molar-refractivity contribution is 7.90. The summed E-state index contributed by atoms with van der Waals surface area (Å²) in [4.78, 5) is 4.06. The minimum Gasteiger partial charge on any atom is -0.380 e. The van der Waals surface area contributed by atoms with E-state index in [0.717, 1.165) is 9.54 Å². The SMILES string of the molecule is CNCc1cc(-c2ccccc2F)n(S(=O)(=O)c2cncc(-n3cc(COC)cn3)c2)c1. The average molecular weight is 456 g/mol. The van der Waals surface area contributed by atoms with E-state index in [9.17, 15) is 12.8 Å². The van der Waals surface area contributed by atoms with Gasteiger partial charge in [0, 0.05) is 43.4 Å². The highest BCUT2D eigenvalue weighted by Gasteiger charge is 2.24. The smallest absolute Gasteiger partial charge is 0.269 e. The van der Waals surface area contributed by atoms with Crippen molar-refractivity contribution in [1.29, 1.82) is 0 Å². The van der Waals surface area contributed by atoms with Gasteiger partial charge >= 0.3 is 0 Å². The van der Waals surface area contributed by atoms with Crippen molar-refractivity contribution < 1.29 is 17.5 Å². The standard InChI is InChI=1S/C22H22FN5O3S/c1-24-9-16-7-22(20-5-3-4-6-21(20)23)28(14-16)32(29,30)19-8-18(11-25-12-19)27-13-17(10-26-27)15-31-2/h3-8,10-14,24H,9,15H2,1-2H3. The molecule has 3 aromatic heterocycles. The second-order valence-corrected chi connectivity index (χ2v) is 8.96. The third-order valence-electron chi connectivity index (χ3n) is 4.84. The lowest BCUT2D eigenvalue weighted by Gasteiger charge is -2.12. The Morgan fingerprint density at radius 3 is 2.66 bits per heavy atom. The zero-order valence-electron chi connectivity index (χ0n) is 17.6. The third kappa shape index (κ3) is 4.20. The van der Waals surface area contributed by atoms with Crippen LogP contribution in [0.15, 0.2) is 72.3 Å². The fourth-order valence-corrected chi connectivity index (χ4v) is 4.77. The van der Waals surface area contributed by atoms with E-state index in [1.165, 1.54) is 35.4 Å². The maximum Gasteiger partial charge on any atom is 0.269 e. The maximum absolute atomic E-state index is 14.5. The quantitative estimate of drug-likeness (QED) is 0.439. The van der Waals surface area contributed by atoms with Crippen LogP contribution in [0, 0.1) is 5.82 Å². The normalized spacial score (nSPS) is 11.7. The van der Waals surface area contributed by atoms with E-state index in [1.54, 1.807) is 50.8 Å². The van der Waals surface area contributed by atoms with Crippen LogP contribution in [0.3, 0.4) is 0 Å². The summed E-state index contributed by atoms with van der Waals surface area (Å²) >= 11 is 0. The van der Waals surface area contributed by atoms with Gasteiger partial charge in [0.2, 0.25) is 0 Å². The summed E-state index contributed by atoms with van der Waals surface area (Å²) in [6, 6.07) is 9.22. The number of ether oxygens (including phenoxy) is 1. The van der Waals surface area contributed by atoms with Crippen LogP contribution < -0.4 is 5.32 Å². The number of hydrogen-bond acceptors (Lipinski definition) is 6. The van der Waals surface area contributed by atoms with E-state index in [1.807, 2.05) is 0 Å². The second-order valence-electron chi connectivity index (χ2n) is 7.15. The van der Waals surface area contributed by atoms with Gasteiger partial charge in [-0.05, 0) is 36.9 Å². The molecular weight excluding hydrogens is 433 g/mol. The lowest BCUT2D eigenvalue weighted by Crippen LogP contribution is -2.14. The van der Waals surface area contributed by atoms with E-state index in [2.05, 4.69) is 15.4 Å². The molecule has 0 aliphatic heterocycles. The van der Waals surface area contributed by atoms with E-state index < -0.39 is 15.8 Å². The van der Waals surface area contributed by atoms with Crippen LogP contribution in [0.5, 0.6) is 0 Å². The molecule has 0 spiro atoms. The Morgan fingerprint density at radius 2 is 1.91 bits per heavy atom.